The van der Waals surface area contributed by atoms with Crippen LogP contribution in [0.4, 0.5) is 11.4 Å². The van der Waals surface area contributed by atoms with E-state index in [1.165, 1.54) is 19.2 Å². The molecule has 0 radical (unpaired) electrons. The number of nitrogens with one attached hydrogen (secondary N) is 2. The Labute approximate surface area is 160 Å². The lowest BCUT2D eigenvalue weighted by atomic mass is 10.00. The first-order valence-electron chi connectivity index (χ1n) is 8.82. The maximum atomic E-state index is 11.9. The molecule has 1 fully saturated rings. The third-order valence-corrected chi connectivity index (χ3v) is 6.14. The van der Waals surface area contributed by atoms with E-state index in [9.17, 15) is 18.5 Å². The summed E-state index contributed by atoms with van der Waals surface area (Å²) in [6.07, 6.45) is 0.238. The third-order valence-electron chi connectivity index (χ3n) is 4.73. The van der Waals surface area contributed by atoms with Crippen molar-refractivity contribution in [1.82, 2.24) is 9.62 Å². The Morgan fingerprint density at radius 1 is 1.30 bits per heavy atom. The standard InChI is InChI=1S/C17H28N4O5S/c1-12-9-20(10-13(2)26-12)17(3,4)11-19-15-7-6-14(27(24,25)18-5)8-16(15)21(22)23/h6-8,12-13,18-19H,9-11H2,1-5H3/t12-,13+. The van der Waals surface area contributed by atoms with E-state index in [2.05, 4.69) is 28.8 Å². The van der Waals surface area contributed by atoms with Crippen LogP contribution >= 0.6 is 0 Å². The van der Waals surface area contributed by atoms with Crippen molar-refractivity contribution in [3.8, 4) is 0 Å². The number of anilines is 1. The highest BCUT2D eigenvalue weighted by Crippen LogP contribution is 2.29. The van der Waals surface area contributed by atoms with E-state index in [0.717, 1.165) is 19.2 Å². The van der Waals surface area contributed by atoms with Gasteiger partial charge in [-0.05, 0) is 46.9 Å². The molecule has 0 saturated carbocycles. The zero-order valence-corrected chi connectivity index (χ0v) is 17.2. The number of hydrogen-bond donors (Lipinski definition) is 2. The minimum Gasteiger partial charge on any atom is -0.378 e. The first kappa shape index (κ1) is 21.5. The Hall–Kier alpha value is -1.75. The van der Waals surface area contributed by atoms with Crippen LogP contribution < -0.4 is 10.0 Å². The molecular weight excluding hydrogens is 372 g/mol. The van der Waals surface area contributed by atoms with E-state index in [1.807, 2.05) is 13.8 Å². The summed E-state index contributed by atoms with van der Waals surface area (Å²) in [5, 5.41) is 14.5. The Morgan fingerprint density at radius 2 is 1.89 bits per heavy atom. The van der Waals surface area contributed by atoms with Gasteiger partial charge < -0.3 is 10.1 Å². The zero-order valence-electron chi connectivity index (χ0n) is 16.4. The smallest absolute Gasteiger partial charge is 0.293 e. The summed E-state index contributed by atoms with van der Waals surface area (Å²) in [5.74, 6) is 0. The van der Waals surface area contributed by atoms with E-state index >= 15 is 0 Å². The first-order valence-corrected chi connectivity index (χ1v) is 10.3. The number of nitro benzene ring substituents is 1. The second kappa shape index (κ2) is 8.09. The summed E-state index contributed by atoms with van der Waals surface area (Å²) in [7, 11) is -2.48. The topological polar surface area (TPSA) is 114 Å². The quantitative estimate of drug-likeness (QED) is 0.530. The average Bonchev–Trinajstić information content (AvgIpc) is 2.59. The van der Waals surface area contributed by atoms with Gasteiger partial charge in [-0.1, -0.05) is 0 Å². The van der Waals surface area contributed by atoms with Crippen molar-refractivity contribution in [2.45, 2.75) is 50.3 Å². The zero-order chi connectivity index (χ0) is 20.4. The highest BCUT2D eigenvalue weighted by atomic mass is 32.2. The lowest BCUT2D eigenvalue weighted by Crippen LogP contribution is -2.57. The molecule has 0 unspecified atom stereocenters. The summed E-state index contributed by atoms with van der Waals surface area (Å²) in [6.45, 7) is 10.2. The molecule has 1 heterocycles. The van der Waals surface area contributed by atoms with E-state index in [1.54, 1.807) is 0 Å². The van der Waals surface area contributed by atoms with Gasteiger partial charge in [0.25, 0.3) is 5.69 Å². The number of hydrogen-bond acceptors (Lipinski definition) is 7. The Bertz CT molecular complexity index is 787. The number of ether oxygens (including phenoxy) is 1. The van der Waals surface area contributed by atoms with Gasteiger partial charge in [-0.25, -0.2) is 13.1 Å². The van der Waals surface area contributed by atoms with Crippen molar-refractivity contribution in [3.63, 3.8) is 0 Å². The summed E-state index contributed by atoms with van der Waals surface area (Å²) in [5.41, 5.74) is -0.251. The number of nitro groups is 1. The van der Waals surface area contributed by atoms with Crippen LogP contribution in [0.25, 0.3) is 0 Å². The molecule has 2 N–H and O–H groups in total. The van der Waals surface area contributed by atoms with Crippen LogP contribution in [0.3, 0.4) is 0 Å². The lowest BCUT2D eigenvalue weighted by molar-refractivity contribution is -0.384. The van der Waals surface area contributed by atoms with E-state index in [4.69, 9.17) is 4.74 Å². The normalized spacial score (nSPS) is 21.8. The predicted molar refractivity (Wildman–Crippen MR) is 103 cm³/mol. The minimum absolute atomic E-state index is 0.119. The predicted octanol–water partition coefficient (Wildman–Crippen LogP) is 1.80. The van der Waals surface area contributed by atoms with Crippen LogP contribution in [0.15, 0.2) is 23.1 Å². The maximum Gasteiger partial charge on any atom is 0.293 e. The van der Waals surface area contributed by atoms with Crippen molar-refractivity contribution in [1.29, 1.82) is 0 Å². The Kier molecular flexibility index (Phi) is 6.46. The van der Waals surface area contributed by atoms with Crippen molar-refractivity contribution in [2.24, 2.45) is 0 Å². The van der Waals surface area contributed by atoms with Gasteiger partial charge in [0.05, 0.1) is 22.0 Å². The summed E-state index contributed by atoms with van der Waals surface area (Å²) in [6, 6.07) is 3.86. The van der Waals surface area contributed by atoms with Crippen molar-refractivity contribution < 1.29 is 18.1 Å². The van der Waals surface area contributed by atoms with Crippen LogP contribution in [0.2, 0.25) is 0 Å². The number of sulfonamides is 1. The van der Waals surface area contributed by atoms with Crippen LogP contribution in [-0.4, -0.2) is 62.7 Å². The van der Waals surface area contributed by atoms with Gasteiger partial charge >= 0.3 is 0 Å². The molecule has 1 saturated heterocycles. The highest BCUT2D eigenvalue weighted by molar-refractivity contribution is 7.89. The Balaban J connectivity index is 2.20. The molecular formula is C17H28N4O5S. The number of benzene rings is 1. The molecule has 0 spiro atoms. The molecule has 2 atom stereocenters. The third kappa shape index (κ3) is 5.16. The van der Waals surface area contributed by atoms with Crippen LogP contribution in [0.1, 0.15) is 27.7 Å². The van der Waals surface area contributed by atoms with Gasteiger partial charge in [-0.2, -0.15) is 0 Å². The lowest BCUT2D eigenvalue weighted by Gasteiger charge is -2.45. The molecule has 10 heteroatoms. The van der Waals surface area contributed by atoms with Gasteiger partial charge in [-0.15, -0.1) is 0 Å². The van der Waals surface area contributed by atoms with E-state index in [0.29, 0.717) is 6.54 Å². The Morgan fingerprint density at radius 3 is 2.41 bits per heavy atom. The SMILES string of the molecule is CNS(=O)(=O)c1ccc(NCC(C)(C)N2C[C@@H](C)O[C@@H](C)C2)c([N+](=O)[O-])c1. The molecule has 1 aromatic carbocycles. The second-order valence-electron chi connectivity index (χ2n) is 7.47. The van der Waals surface area contributed by atoms with Gasteiger partial charge in [-0.3, -0.25) is 15.0 Å². The highest BCUT2D eigenvalue weighted by Gasteiger charge is 2.33. The van der Waals surface area contributed by atoms with Crippen LogP contribution in [0.5, 0.6) is 0 Å². The summed E-state index contributed by atoms with van der Waals surface area (Å²) < 4.78 is 31.7. The van der Waals surface area contributed by atoms with Gasteiger partial charge in [0.2, 0.25) is 10.0 Å². The molecule has 2 rings (SSSR count). The average molecular weight is 401 g/mol. The largest absolute Gasteiger partial charge is 0.378 e. The molecule has 1 aromatic rings. The molecule has 0 amide bonds. The van der Waals surface area contributed by atoms with Gasteiger partial charge in [0.1, 0.15) is 5.69 Å². The van der Waals surface area contributed by atoms with E-state index in [-0.39, 0.29) is 34.0 Å². The summed E-state index contributed by atoms with van der Waals surface area (Å²) in [4.78, 5) is 13.0. The number of nitrogens with zero attached hydrogens (tertiary/aromatic N) is 2. The molecule has 9 nitrogen and oxygen atoms in total. The van der Waals surface area contributed by atoms with Crippen molar-refractivity contribution in [2.75, 3.05) is 32.0 Å². The summed E-state index contributed by atoms with van der Waals surface area (Å²) >= 11 is 0. The molecule has 27 heavy (non-hydrogen) atoms. The molecule has 1 aliphatic rings. The molecule has 0 aliphatic carbocycles. The number of morpholine rings is 1. The molecule has 0 bridgehead atoms. The van der Waals surface area contributed by atoms with Crippen molar-refractivity contribution >= 4 is 21.4 Å². The van der Waals surface area contributed by atoms with Gasteiger partial charge in [0, 0.05) is 31.2 Å². The molecule has 152 valence electrons. The molecule has 0 aromatic heterocycles. The minimum atomic E-state index is -3.75. The molecule has 1 aliphatic heterocycles. The van der Waals surface area contributed by atoms with Gasteiger partial charge in [0.15, 0.2) is 0 Å². The fraction of sp³-hybridized carbons (Fsp3) is 0.647. The fourth-order valence-electron chi connectivity index (χ4n) is 3.19. The monoisotopic (exact) mass is 400 g/mol. The first-order chi connectivity index (χ1) is 12.5. The van der Waals surface area contributed by atoms with E-state index < -0.39 is 14.9 Å². The fourth-order valence-corrected chi connectivity index (χ4v) is 3.94. The van der Waals surface area contributed by atoms with Crippen LogP contribution in [0, 0.1) is 10.1 Å². The van der Waals surface area contributed by atoms with Crippen molar-refractivity contribution in [3.05, 3.63) is 28.3 Å². The number of rotatable bonds is 7. The van der Waals surface area contributed by atoms with Crippen LogP contribution in [-0.2, 0) is 14.8 Å². The maximum absolute atomic E-state index is 11.9. The second-order valence-corrected chi connectivity index (χ2v) is 9.36.